The molecule has 6 nitrogen and oxygen atoms in total. The third-order valence-electron chi connectivity index (χ3n) is 4.32. The van der Waals surface area contributed by atoms with Crippen molar-refractivity contribution in [1.82, 2.24) is 15.6 Å². The summed E-state index contributed by atoms with van der Waals surface area (Å²) in [7, 11) is 1.65. The fourth-order valence-corrected chi connectivity index (χ4v) is 3.18. The molecule has 3 unspecified atom stereocenters. The van der Waals surface area contributed by atoms with Gasteiger partial charge in [0.2, 0.25) is 5.88 Å². The number of guanidine groups is 1. The number of hydrogen-bond donors (Lipinski definition) is 2. The van der Waals surface area contributed by atoms with Gasteiger partial charge in [0.15, 0.2) is 12.6 Å². The number of aromatic nitrogens is 1. The summed E-state index contributed by atoms with van der Waals surface area (Å²) in [4.78, 5) is 8.04. The number of rotatable bonds is 5. The molecule has 146 valence electrons. The first-order chi connectivity index (χ1) is 11.9. The highest BCUT2D eigenvalue weighted by molar-refractivity contribution is 14.0. The Morgan fingerprint density at radius 2 is 2.23 bits per heavy atom. The first-order valence-corrected chi connectivity index (χ1v) is 8.20. The molecule has 26 heavy (non-hydrogen) atoms. The molecule has 2 fully saturated rings. The lowest BCUT2D eigenvalue weighted by atomic mass is 9.96. The number of hydrogen-bond acceptors (Lipinski definition) is 4. The summed E-state index contributed by atoms with van der Waals surface area (Å²) >= 11 is 0. The molecular weight excluding hydrogens is 464 g/mol. The van der Waals surface area contributed by atoms with E-state index in [1.165, 1.54) is 6.20 Å². The van der Waals surface area contributed by atoms with Gasteiger partial charge in [-0.1, -0.05) is 6.07 Å². The fraction of sp³-hybridized carbons (Fsp3) is 0.625. The lowest BCUT2D eigenvalue weighted by molar-refractivity contribution is -0.154. The van der Waals surface area contributed by atoms with Gasteiger partial charge in [0, 0.05) is 25.4 Å². The Balaban J connectivity index is 0.00000243. The molecule has 10 heteroatoms. The number of ether oxygens (including phenoxy) is 2. The maximum Gasteiger partial charge on any atom is 0.422 e. The molecule has 0 radical (unpaired) electrons. The molecule has 2 N–H and O–H groups in total. The highest BCUT2D eigenvalue weighted by Gasteiger charge is 2.41. The number of alkyl halides is 3. The summed E-state index contributed by atoms with van der Waals surface area (Å²) in [5, 5.41) is 6.41. The molecule has 2 saturated heterocycles. The Morgan fingerprint density at radius 3 is 2.85 bits per heavy atom. The molecule has 1 aromatic rings. The zero-order valence-electron chi connectivity index (χ0n) is 14.3. The zero-order valence-corrected chi connectivity index (χ0v) is 16.6. The van der Waals surface area contributed by atoms with E-state index in [1.807, 2.05) is 0 Å². The summed E-state index contributed by atoms with van der Waals surface area (Å²) in [5.74, 6) is 0.540. The van der Waals surface area contributed by atoms with Crippen LogP contribution in [0.4, 0.5) is 13.2 Å². The van der Waals surface area contributed by atoms with Gasteiger partial charge in [-0.25, -0.2) is 4.98 Å². The standard InChI is InChI=1S/C16H21F3N4O2.HI/c1-20-15(23-12-7-11-4-5-13(12)25-11)22-8-10-3-2-6-21-14(10)24-9-16(17,18)19;/h2-3,6,11-13H,4-5,7-9H2,1H3,(H2,20,22,23);1H. The van der Waals surface area contributed by atoms with Crippen molar-refractivity contribution in [1.29, 1.82) is 0 Å². The third kappa shape index (κ3) is 5.60. The van der Waals surface area contributed by atoms with Gasteiger partial charge in [0.1, 0.15) is 0 Å². The van der Waals surface area contributed by atoms with Crippen LogP contribution in [0.3, 0.4) is 0 Å². The Labute approximate surface area is 167 Å². The predicted octanol–water partition coefficient (Wildman–Crippen LogP) is 2.63. The van der Waals surface area contributed by atoms with Crippen LogP contribution < -0.4 is 15.4 Å². The molecule has 2 bridgehead atoms. The molecule has 3 rings (SSSR count). The number of nitrogens with zero attached hydrogens (tertiary/aromatic N) is 2. The molecule has 3 atom stereocenters. The number of aliphatic imine (C=N–C) groups is 1. The van der Waals surface area contributed by atoms with Gasteiger partial charge in [-0.3, -0.25) is 4.99 Å². The van der Waals surface area contributed by atoms with E-state index in [-0.39, 0.29) is 48.5 Å². The van der Waals surface area contributed by atoms with E-state index >= 15 is 0 Å². The minimum absolute atomic E-state index is 0. The maximum atomic E-state index is 12.3. The van der Waals surface area contributed by atoms with Gasteiger partial charge in [-0.05, 0) is 25.3 Å². The Morgan fingerprint density at radius 1 is 1.42 bits per heavy atom. The van der Waals surface area contributed by atoms with E-state index in [4.69, 9.17) is 9.47 Å². The van der Waals surface area contributed by atoms with E-state index < -0.39 is 12.8 Å². The highest BCUT2D eigenvalue weighted by Crippen LogP contribution is 2.34. The van der Waals surface area contributed by atoms with Crippen LogP contribution in [-0.2, 0) is 11.3 Å². The van der Waals surface area contributed by atoms with Gasteiger partial charge in [0.25, 0.3) is 0 Å². The van der Waals surface area contributed by atoms with E-state index in [0.717, 1.165) is 19.3 Å². The minimum Gasteiger partial charge on any atom is -0.468 e. The second-order valence-electron chi connectivity index (χ2n) is 6.16. The number of fused-ring (bicyclic) bond motifs is 2. The van der Waals surface area contributed by atoms with Crippen molar-refractivity contribution in [3.8, 4) is 5.88 Å². The summed E-state index contributed by atoms with van der Waals surface area (Å²) in [5.41, 5.74) is 0.527. The van der Waals surface area contributed by atoms with Crippen molar-refractivity contribution in [2.24, 2.45) is 4.99 Å². The smallest absolute Gasteiger partial charge is 0.422 e. The van der Waals surface area contributed by atoms with Crippen LogP contribution >= 0.6 is 24.0 Å². The molecule has 1 aromatic heterocycles. The van der Waals surface area contributed by atoms with Gasteiger partial charge < -0.3 is 20.1 Å². The summed E-state index contributed by atoms with van der Waals surface area (Å²) in [6.07, 6.45) is 0.602. The van der Waals surface area contributed by atoms with E-state index in [0.29, 0.717) is 17.6 Å². The first-order valence-electron chi connectivity index (χ1n) is 8.20. The van der Waals surface area contributed by atoms with Gasteiger partial charge >= 0.3 is 6.18 Å². The van der Waals surface area contributed by atoms with Crippen molar-refractivity contribution in [2.45, 2.75) is 50.2 Å². The van der Waals surface area contributed by atoms with E-state index in [2.05, 4.69) is 20.6 Å². The Bertz CT molecular complexity index is 630. The second-order valence-corrected chi connectivity index (χ2v) is 6.16. The Hall–Kier alpha value is -1.30. The topological polar surface area (TPSA) is 67.8 Å². The van der Waals surface area contributed by atoms with Crippen LogP contribution in [0, 0.1) is 0 Å². The number of pyridine rings is 1. The average molecular weight is 486 g/mol. The monoisotopic (exact) mass is 486 g/mol. The summed E-state index contributed by atoms with van der Waals surface area (Å²) in [6.45, 7) is -1.12. The van der Waals surface area contributed by atoms with Crippen molar-refractivity contribution < 1.29 is 22.6 Å². The molecule has 0 aliphatic carbocycles. The van der Waals surface area contributed by atoms with Crippen molar-refractivity contribution in [2.75, 3.05) is 13.7 Å². The van der Waals surface area contributed by atoms with Gasteiger partial charge in [0.05, 0.1) is 18.2 Å². The van der Waals surface area contributed by atoms with Crippen LogP contribution in [-0.4, -0.2) is 49.0 Å². The lowest BCUT2D eigenvalue weighted by Gasteiger charge is -2.22. The largest absolute Gasteiger partial charge is 0.468 e. The second kappa shape index (κ2) is 9.07. The lowest BCUT2D eigenvalue weighted by Crippen LogP contribution is -2.47. The van der Waals surface area contributed by atoms with Crippen LogP contribution in [0.1, 0.15) is 24.8 Å². The molecule has 0 spiro atoms. The molecule has 2 aliphatic rings. The molecule has 0 amide bonds. The van der Waals surface area contributed by atoms with Gasteiger partial charge in [-0.15, -0.1) is 24.0 Å². The molecular formula is C16H22F3IN4O2. The minimum atomic E-state index is -4.40. The normalized spacial score (nSPS) is 24.9. The van der Waals surface area contributed by atoms with E-state index in [1.54, 1.807) is 19.2 Å². The SMILES string of the molecule is CN=C(NCc1cccnc1OCC(F)(F)F)NC1CC2CCC1O2.I. The fourth-order valence-electron chi connectivity index (χ4n) is 3.18. The van der Waals surface area contributed by atoms with Crippen LogP contribution in [0.25, 0.3) is 0 Å². The third-order valence-corrected chi connectivity index (χ3v) is 4.32. The van der Waals surface area contributed by atoms with E-state index in [9.17, 15) is 13.2 Å². The zero-order chi connectivity index (χ0) is 17.9. The van der Waals surface area contributed by atoms with Crippen LogP contribution in [0.2, 0.25) is 0 Å². The van der Waals surface area contributed by atoms with Crippen molar-refractivity contribution >= 4 is 29.9 Å². The van der Waals surface area contributed by atoms with Gasteiger partial charge in [-0.2, -0.15) is 13.2 Å². The Kier molecular flexibility index (Phi) is 7.33. The molecule has 3 heterocycles. The number of nitrogens with one attached hydrogen (secondary N) is 2. The summed E-state index contributed by atoms with van der Waals surface area (Å²) in [6, 6.07) is 3.52. The summed E-state index contributed by atoms with van der Waals surface area (Å²) < 4.78 is 47.6. The maximum absolute atomic E-state index is 12.3. The molecule has 2 aliphatic heterocycles. The van der Waals surface area contributed by atoms with Crippen LogP contribution in [0.5, 0.6) is 5.88 Å². The molecule has 0 saturated carbocycles. The highest BCUT2D eigenvalue weighted by atomic mass is 127. The quantitative estimate of drug-likeness (QED) is 0.381. The number of halogens is 4. The van der Waals surface area contributed by atoms with Crippen LogP contribution in [0.15, 0.2) is 23.3 Å². The first kappa shape index (κ1) is 21.0. The predicted molar refractivity (Wildman–Crippen MR) is 101 cm³/mol. The molecule has 0 aromatic carbocycles. The average Bonchev–Trinajstić information content (AvgIpc) is 3.19. The van der Waals surface area contributed by atoms with Crippen molar-refractivity contribution in [3.05, 3.63) is 23.9 Å². The van der Waals surface area contributed by atoms with Crippen molar-refractivity contribution in [3.63, 3.8) is 0 Å².